The topological polar surface area (TPSA) is 96.0 Å². The number of hydrogen-bond acceptors (Lipinski definition) is 5. The number of benzene rings is 3. The molecule has 3 aromatic rings. The van der Waals surface area contributed by atoms with Crippen LogP contribution in [0.5, 0.6) is 5.75 Å². The fraction of sp³-hybridized carbons (Fsp3) is 0.412. The number of amides is 2. The van der Waals surface area contributed by atoms with Crippen molar-refractivity contribution in [2.24, 2.45) is 0 Å². The van der Waals surface area contributed by atoms with E-state index in [-0.39, 0.29) is 18.5 Å². The highest BCUT2D eigenvalue weighted by Gasteiger charge is 2.34. The van der Waals surface area contributed by atoms with Crippen LogP contribution in [0.15, 0.2) is 78.9 Å². The fourth-order valence-corrected chi connectivity index (χ4v) is 6.44. The van der Waals surface area contributed by atoms with E-state index in [1.54, 1.807) is 29.2 Å². The van der Waals surface area contributed by atoms with Gasteiger partial charge in [0.25, 0.3) is 0 Å². The fourth-order valence-electron chi connectivity index (χ4n) is 5.59. The summed E-state index contributed by atoms with van der Waals surface area (Å²) >= 11 is 0. The number of carbonyl (C=O) groups excluding carboxylic acids is 2. The summed E-state index contributed by atoms with van der Waals surface area (Å²) in [6.45, 7) is 4.05. The smallest absolute Gasteiger partial charge is 0.244 e. The lowest BCUT2D eigenvalue weighted by Crippen LogP contribution is -2.55. The van der Waals surface area contributed by atoms with E-state index in [9.17, 15) is 18.0 Å². The number of hydrogen-bond donors (Lipinski definition) is 1. The van der Waals surface area contributed by atoms with Gasteiger partial charge in [0.1, 0.15) is 18.3 Å². The molecule has 1 aliphatic rings. The second-order valence-electron chi connectivity index (χ2n) is 11.3. The van der Waals surface area contributed by atoms with Crippen molar-refractivity contribution in [3.05, 3.63) is 95.6 Å². The third-order valence-corrected chi connectivity index (χ3v) is 8.91. The SMILES string of the molecule is CCOc1ccc(N(CC(=O)N(Cc2cccc(C)c2)[C@@H](Cc2ccccc2)C(=O)NC2CCCCC2)S(C)(=O)=O)cc1. The number of nitrogens with zero attached hydrogens (tertiary/aromatic N) is 2. The Labute approximate surface area is 256 Å². The molecule has 43 heavy (non-hydrogen) atoms. The van der Waals surface area contributed by atoms with Crippen LogP contribution in [0.3, 0.4) is 0 Å². The predicted octanol–water partition coefficient (Wildman–Crippen LogP) is 5.25. The molecule has 1 N–H and O–H groups in total. The molecule has 0 saturated heterocycles. The summed E-state index contributed by atoms with van der Waals surface area (Å²) in [6.07, 6.45) is 6.49. The lowest BCUT2D eigenvalue weighted by Gasteiger charge is -2.35. The first-order chi connectivity index (χ1) is 20.6. The van der Waals surface area contributed by atoms with Crippen molar-refractivity contribution < 1.29 is 22.7 Å². The summed E-state index contributed by atoms with van der Waals surface area (Å²) in [5.74, 6) is -0.0707. The van der Waals surface area contributed by atoms with Crippen molar-refractivity contribution in [3.63, 3.8) is 0 Å². The number of carbonyl (C=O) groups is 2. The number of anilines is 1. The summed E-state index contributed by atoms with van der Waals surface area (Å²) in [5.41, 5.74) is 3.16. The zero-order valence-corrected chi connectivity index (χ0v) is 26.2. The molecule has 1 atom stereocenters. The Hall–Kier alpha value is -3.85. The van der Waals surface area contributed by atoms with Crippen LogP contribution in [-0.2, 0) is 32.6 Å². The summed E-state index contributed by atoms with van der Waals surface area (Å²) < 4.78 is 32.6. The van der Waals surface area contributed by atoms with Gasteiger partial charge in [0.2, 0.25) is 21.8 Å². The van der Waals surface area contributed by atoms with Crippen LogP contribution in [0.25, 0.3) is 0 Å². The molecule has 230 valence electrons. The minimum atomic E-state index is -3.83. The Bertz CT molecular complexity index is 1450. The Morgan fingerprint density at radius 1 is 0.930 bits per heavy atom. The first-order valence-electron chi connectivity index (χ1n) is 15.0. The van der Waals surface area contributed by atoms with E-state index in [0.717, 1.165) is 59.4 Å². The van der Waals surface area contributed by atoms with Crippen molar-refractivity contribution in [1.82, 2.24) is 10.2 Å². The van der Waals surface area contributed by atoms with Gasteiger partial charge >= 0.3 is 0 Å². The van der Waals surface area contributed by atoms with Gasteiger partial charge in [0.15, 0.2) is 0 Å². The molecule has 0 bridgehead atoms. The standard InChI is InChI=1S/C34H43N3O5S/c1-4-42-31-20-18-30(19-21-31)37(43(3,40)41)25-33(38)36(24-28-15-11-12-26(2)22-28)32(23-27-13-7-5-8-14-27)34(39)35-29-16-9-6-10-17-29/h5,7-8,11-15,18-22,29,32H,4,6,9-10,16-17,23-25H2,1-3H3,(H,35,39)/t32-/m0/s1. The highest BCUT2D eigenvalue weighted by Crippen LogP contribution is 2.24. The van der Waals surface area contributed by atoms with Crippen molar-refractivity contribution >= 4 is 27.5 Å². The highest BCUT2D eigenvalue weighted by molar-refractivity contribution is 7.92. The molecule has 0 aliphatic heterocycles. The average molecular weight is 606 g/mol. The van der Waals surface area contributed by atoms with E-state index in [4.69, 9.17) is 4.74 Å². The van der Waals surface area contributed by atoms with Crippen molar-refractivity contribution in [2.75, 3.05) is 23.7 Å². The average Bonchev–Trinajstić information content (AvgIpc) is 2.99. The van der Waals surface area contributed by atoms with E-state index in [1.807, 2.05) is 68.4 Å². The number of sulfonamides is 1. The van der Waals surface area contributed by atoms with E-state index < -0.39 is 28.5 Å². The monoisotopic (exact) mass is 605 g/mol. The van der Waals surface area contributed by atoms with Crippen LogP contribution in [0.1, 0.15) is 55.7 Å². The van der Waals surface area contributed by atoms with Gasteiger partial charge in [-0.25, -0.2) is 8.42 Å². The van der Waals surface area contributed by atoms with Gasteiger partial charge in [0.05, 0.1) is 18.6 Å². The van der Waals surface area contributed by atoms with Gasteiger partial charge in [0, 0.05) is 19.0 Å². The first-order valence-corrected chi connectivity index (χ1v) is 16.9. The van der Waals surface area contributed by atoms with Gasteiger partial charge in [-0.2, -0.15) is 0 Å². The second kappa shape index (κ2) is 15.0. The molecule has 0 unspecified atom stereocenters. The van der Waals surface area contributed by atoms with Crippen LogP contribution in [0, 0.1) is 6.92 Å². The zero-order chi connectivity index (χ0) is 30.8. The van der Waals surface area contributed by atoms with E-state index in [0.29, 0.717) is 24.5 Å². The quantitative estimate of drug-likeness (QED) is 0.287. The molecule has 0 heterocycles. The molecule has 3 aromatic carbocycles. The molecule has 0 radical (unpaired) electrons. The van der Waals surface area contributed by atoms with E-state index in [2.05, 4.69) is 5.32 Å². The highest BCUT2D eigenvalue weighted by atomic mass is 32.2. The lowest BCUT2D eigenvalue weighted by molar-refractivity contribution is -0.140. The molecule has 8 nitrogen and oxygen atoms in total. The van der Waals surface area contributed by atoms with Crippen molar-refractivity contribution in [2.45, 2.75) is 71.0 Å². The Balaban J connectivity index is 1.70. The molecule has 1 fully saturated rings. The minimum absolute atomic E-state index is 0.0619. The maximum atomic E-state index is 14.3. The van der Waals surface area contributed by atoms with Crippen LogP contribution in [0.2, 0.25) is 0 Å². The third kappa shape index (κ3) is 9.32. The molecule has 9 heteroatoms. The summed E-state index contributed by atoms with van der Waals surface area (Å²) in [6, 6.07) is 23.3. The van der Waals surface area contributed by atoms with Gasteiger partial charge in [-0.1, -0.05) is 79.4 Å². The number of nitrogens with one attached hydrogen (secondary N) is 1. The zero-order valence-electron chi connectivity index (χ0n) is 25.4. The second-order valence-corrected chi connectivity index (χ2v) is 13.2. The van der Waals surface area contributed by atoms with Crippen molar-refractivity contribution in [1.29, 1.82) is 0 Å². The summed E-state index contributed by atoms with van der Waals surface area (Å²) in [4.78, 5) is 29.8. The van der Waals surface area contributed by atoms with Gasteiger partial charge in [-0.3, -0.25) is 13.9 Å². The maximum absolute atomic E-state index is 14.3. The molecular formula is C34H43N3O5S. The van der Waals surface area contributed by atoms with Crippen molar-refractivity contribution in [3.8, 4) is 5.75 Å². The number of ether oxygens (including phenoxy) is 1. The number of rotatable bonds is 13. The van der Waals surface area contributed by atoms with E-state index >= 15 is 0 Å². The van der Waals surface area contributed by atoms with Gasteiger partial charge < -0.3 is 15.0 Å². The van der Waals surface area contributed by atoms with Crippen LogP contribution < -0.4 is 14.4 Å². The minimum Gasteiger partial charge on any atom is -0.494 e. The molecule has 2 amide bonds. The Kier molecular flexibility index (Phi) is 11.2. The molecule has 4 rings (SSSR count). The first kappa shape index (κ1) is 32.1. The molecule has 0 aromatic heterocycles. The number of aryl methyl sites for hydroxylation is 1. The molecule has 0 spiro atoms. The van der Waals surface area contributed by atoms with E-state index in [1.165, 1.54) is 0 Å². The summed E-state index contributed by atoms with van der Waals surface area (Å²) in [5, 5.41) is 3.23. The maximum Gasteiger partial charge on any atom is 0.244 e. The Morgan fingerprint density at radius 2 is 1.60 bits per heavy atom. The Morgan fingerprint density at radius 3 is 2.23 bits per heavy atom. The molecule has 1 saturated carbocycles. The largest absolute Gasteiger partial charge is 0.494 e. The van der Waals surface area contributed by atoms with Gasteiger partial charge in [-0.05, 0) is 62.1 Å². The lowest BCUT2D eigenvalue weighted by atomic mass is 9.94. The third-order valence-electron chi connectivity index (χ3n) is 7.77. The van der Waals surface area contributed by atoms with Gasteiger partial charge in [-0.15, -0.1) is 0 Å². The molecule has 1 aliphatic carbocycles. The normalized spacial score (nSPS) is 14.5. The summed E-state index contributed by atoms with van der Waals surface area (Å²) in [7, 11) is -3.83. The molecular weight excluding hydrogens is 562 g/mol. The predicted molar refractivity (Wildman–Crippen MR) is 170 cm³/mol. The van der Waals surface area contributed by atoms with Crippen LogP contribution in [0.4, 0.5) is 5.69 Å². The van der Waals surface area contributed by atoms with Crippen LogP contribution in [-0.4, -0.2) is 56.6 Å². The van der Waals surface area contributed by atoms with Crippen LogP contribution >= 0.6 is 0 Å².